The van der Waals surface area contributed by atoms with E-state index >= 15 is 0 Å². The summed E-state index contributed by atoms with van der Waals surface area (Å²) in [6.45, 7) is 4.51. The van der Waals surface area contributed by atoms with Crippen LogP contribution in [0, 0.1) is 5.41 Å². The van der Waals surface area contributed by atoms with Crippen molar-refractivity contribution < 1.29 is 4.74 Å². The largest absolute Gasteiger partial charge is 0.497 e. The van der Waals surface area contributed by atoms with Crippen LogP contribution in [0.25, 0.3) is 16.5 Å². The molecule has 2 fully saturated rings. The van der Waals surface area contributed by atoms with E-state index < -0.39 is 0 Å². The maximum absolute atomic E-state index is 12.9. The summed E-state index contributed by atoms with van der Waals surface area (Å²) in [5.41, 5.74) is 2.58. The van der Waals surface area contributed by atoms with E-state index in [2.05, 4.69) is 22.3 Å². The number of aromatic nitrogens is 1. The van der Waals surface area contributed by atoms with E-state index in [4.69, 9.17) is 4.74 Å². The molecule has 0 saturated carbocycles. The molecule has 1 atom stereocenters. The highest BCUT2D eigenvalue weighted by atomic mass is 16.5. The van der Waals surface area contributed by atoms with Gasteiger partial charge in [-0.05, 0) is 73.3 Å². The second-order valence-corrected chi connectivity index (χ2v) is 8.06. The van der Waals surface area contributed by atoms with Crippen molar-refractivity contribution in [1.29, 1.82) is 0 Å². The van der Waals surface area contributed by atoms with Gasteiger partial charge < -0.3 is 15.0 Å². The van der Waals surface area contributed by atoms with Crippen LogP contribution in [0.5, 0.6) is 5.75 Å². The Balaban J connectivity index is 1.43. The first-order valence-corrected chi connectivity index (χ1v) is 9.93. The number of ether oxygens (including phenoxy) is 1. The average molecular weight is 375 g/mol. The van der Waals surface area contributed by atoms with Gasteiger partial charge in [0.25, 0.3) is 5.56 Å². The van der Waals surface area contributed by atoms with Crippen LogP contribution in [0.1, 0.15) is 12.8 Å². The number of pyridine rings is 1. The van der Waals surface area contributed by atoms with Crippen molar-refractivity contribution >= 4 is 16.5 Å². The Morgan fingerprint density at radius 3 is 2.61 bits per heavy atom. The van der Waals surface area contributed by atoms with Crippen molar-refractivity contribution in [3.8, 4) is 11.4 Å². The van der Waals surface area contributed by atoms with Crippen LogP contribution in [-0.4, -0.2) is 37.9 Å². The highest BCUT2D eigenvalue weighted by Crippen LogP contribution is 2.38. The molecule has 2 aromatic carbocycles. The van der Waals surface area contributed by atoms with E-state index in [1.165, 1.54) is 18.5 Å². The molecule has 3 heterocycles. The molecule has 0 unspecified atom stereocenters. The van der Waals surface area contributed by atoms with Gasteiger partial charge in [-0.25, -0.2) is 0 Å². The first-order chi connectivity index (χ1) is 13.7. The second kappa shape index (κ2) is 6.67. The Labute approximate surface area is 164 Å². The molecule has 0 amide bonds. The van der Waals surface area contributed by atoms with Gasteiger partial charge in [-0.1, -0.05) is 0 Å². The maximum atomic E-state index is 12.9. The van der Waals surface area contributed by atoms with Crippen LogP contribution < -0.4 is 20.5 Å². The van der Waals surface area contributed by atoms with E-state index in [-0.39, 0.29) is 5.56 Å². The van der Waals surface area contributed by atoms with Gasteiger partial charge in [0.2, 0.25) is 0 Å². The minimum Gasteiger partial charge on any atom is -0.497 e. The first kappa shape index (κ1) is 17.3. The number of nitrogens with one attached hydrogen (secondary N) is 1. The third-order valence-corrected chi connectivity index (χ3v) is 6.37. The van der Waals surface area contributed by atoms with Crippen molar-refractivity contribution in [3.05, 3.63) is 65.1 Å². The number of hydrogen-bond acceptors (Lipinski definition) is 4. The molecule has 5 rings (SSSR count). The summed E-state index contributed by atoms with van der Waals surface area (Å²) >= 11 is 0. The Morgan fingerprint density at radius 2 is 1.86 bits per heavy atom. The van der Waals surface area contributed by atoms with Gasteiger partial charge in [-0.3, -0.25) is 9.36 Å². The fourth-order valence-corrected chi connectivity index (χ4v) is 4.68. The molecule has 0 radical (unpaired) electrons. The highest BCUT2D eigenvalue weighted by Gasteiger charge is 2.40. The van der Waals surface area contributed by atoms with Crippen LogP contribution in [-0.2, 0) is 0 Å². The van der Waals surface area contributed by atoms with Crippen molar-refractivity contribution in [2.24, 2.45) is 5.41 Å². The molecule has 0 aliphatic carbocycles. The molecule has 5 nitrogen and oxygen atoms in total. The number of benzene rings is 2. The lowest BCUT2D eigenvalue weighted by molar-refractivity contribution is 0.369. The minimum atomic E-state index is -0.00921. The summed E-state index contributed by atoms with van der Waals surface area (Å²) in [4.78, 5) is 15.4. The van der Waals surface area contributed by atoms with Gasteiger partial charge >= 0.3 is 0 Å². The topological polar surface area (TPSA) is 46.5 Å². The van der Waals surface area contributed by atoms with Crippen molar-refractivity contribution in [2.75, 3.05) is 38.2 Å². The highest BCUT2D eigenvalue weighted by molar-refractivity contribution is 5.83. The second-order valence-electron chi connectivity index (χ2n) is 8.06. The monoisotopic (exact) mass is 375 g/mol. The van der Waals surface area contributed by atoms with Gasteiger partial charge in [-0.15, -0.1) is 0 Å². The van der Waals surface area contributed by atoms with Crippen LogP contribution in [0.4, 0.5) is 5.69 Å². The first-order valence-electron chi connectivity index (χ1n) is 9.93. The fraction of sp³-hybridized carbons (Fsp3) is 0.348. The summed E-state index contributed by atoms with van der Waals surface area (Å²) in [7, 11) is 1.63. The molecular weight excluding hydrogens is 350 g/mol. The Kier molecular flexibility index (Phi) is 4.13. The molecule has 2 aliphatic heterocycles. The third kappa shape index (κ3) is 2.87. The summed E-state index contributed by atoms with van der Waals surface area (Å²) in [5.74, 6) is 0.759. The SMILES string of the molecule is COc1ccc2c(=O)n(-c3ccc(N4CC[C@]5(CCNC5)C4)cc3)ccc2c1. The summed E-state index contributed by atoms with van der Waals surface area (Å²) in [5, 5.41) is 5.10. The molecule has 2 aliphatic rings. The van der Waals surface area contributed by atoms with E-state index in [1.807, 2.05) is 42.6 Å². The molecule has 0 bridgehead atoms. The number of methoxy groups -OCH3 is 1. The third-order valence-electron chi connectivity index (χ3n) is 6.37. The molecule has 1 aromatic heterocycles. The Hall–Kier alpha value is -2.79. The van der Waals surface area contributed by atoms with Gasteiger partial charge in [0.05, 0.1) is 7.11 Å². The number of fused-ring (bicyclic) bond motifs is 1. The Bertz CT molecular complexity index is 1070. The molecule has 1 N–H and O–H groups in total. The van der Waals surface area contributed by atoms with E-state index in [1.54, 1.807) is 11.7 Å². The molecular formula is C23H25N3O2. The van der Waals surface area contributed by atoms with E-state index in [0.29, 0.717) is 10.8 Å². The number of nitrogens with zero attached hydrogens (tertiary/aromatic N) is 2. The van der Waals surface area contributed by atoms with Gasteiger partial charge in [-0.2, -0.15) is 0 Å². The molecule has 5 heteroatoms. The van der Waals surface area contributed by atoms with E-state index in [0.717, 1.165) is 43.0 Å². The lowest BCUT2D eigenvalue weighted by Gasteiger charge is -2.24. The normalized spacial score (nSPS) is 21.7. The van der Waals surface area contributed by atoms with Crippen molar-refractivity contribution in [3.63, 3.8) is 0 Å². The zero-order chi connectivity index (χ0) is 19.1. The van der Waals surface area contributed by atoms with Gasteiger partial charge in [0.1, 0.15) is 5.75 Å². The summed E-state index contributed by atoms with van der Waals surface area (Å²) in [6.07, 6.45) is 4.38. The van der Waals surface area contributed by atoms with Gasteiger partial charge in [0, 0.05) is 48.0 Å². The summed E-state index contributed by atoms with van der Waals surface area (Å²) in [6, 6.07) is 15.9. The lowest BCUT2D eigenvalue weighted by Crippen LogP contribution is -2.29. The van der Waals surface area contributed by atoms with Crippen molar-refractivity contribution in [1.82, 2.24) is 9.88 Å². The molecule has 1 spiro atoms. The quantitative estimate of drug-likeness (QED) is 0.764. The zero-order valence-corrected chi connectivity index (χ0v) is 16.1. The van der Waals surface area contributed by atoms with Crippen LogP contribution in [0.15, 0.2) is 59.5 Å². The Morgan fingerprint density at radius 1 is 1.04 bits per heavy atom. The predicted molar refractivity (Wildman–Crippen MR) is 113 cm³/mol. The summed E-state index contributed by atoms with van der Waals surface area (Å²) < 4.78 is 6.97. The smallest absolute Gasteiger partial charge is 0.262 e. The van der Waals surface area contributed by atoms with Gasteiger partial charge in [0.15, 0.2) is 0 Å². The lowest BCUT2D eigenvalue weighted by atomic mass is 9.86. The average Bonchev–Trinajstić information content (AvgIpc) is 3.38. The van der Waals surface area contributed by atoms with Crippen LogP contribution in [0.2, 0.25) is 0 Å². The van der Waals surface area contributed by atoms with Crippen LogP contribution in [0.3, 0.4) is 0 Å². The molecule has 3 aromatic rings. The minimum absolute atomic E-state index is 0.00921. The predicted octanol–water partition coefficient (Wildman–Crippen LogP) is 3.19. The standard InChI is InChI=1S/C23H25N3O2/c1-28-20-6-7-21-17(14-20)8-12-26(22(21)27)19-4-2-18(3-5-19)25-13-10-23(16-25)9-11-24-15-23/h2-8,12,14,24H,9-11,13,15-16H2,1H3/t23-/m0/s1. The maximum Gasteiger partial charge on any atom is 0.262 e. The van der Waals surface area contributed by atoms with Crippen LogP contribution >= 0.6 is 0 Å². The molecule has 28 heavy (non-hydrogen) atoms. The molecule has 2 saturated heterocycles. The molecule has 144 valence electrons. The number of anilines is 1. The fourth-order valence-electron chi connectivity index (χ4n) is 4.68. The van der Waals surface area contributed by atoms with Crippen molar-refractivity contribution in [2.45, 2.75) is 12.8 Å². The number of rotatable bonds is 3. The van der Waals surface area contributed by atoms with E-state index in [9.17, 15) is 4.79 Å². The number of hydrogen-bond donors (Lipinski definition) is 1. The zero-order valence-electron chi connectivity index (χ0n) is 16.1.